The van der Waals surface area contributed by atoms with E-state index < -0.39 is 9.84 Å². The summed E-state index contributed by atoms with van der Waals surface area (Å²) in [5.41, 5.74) is 3.17. The quantitative estimate of drug-likeness (QED) is 0.320. The fourth-order valence-corrected chi connectivity index (χ4v) is 5.66. The number of aromatic nitrogens is 2. The van der Waals surface area contributed by atoms with Gasteiger partial charge in [-0.15, -0.1) is 0 Å². The fourth-order valence-electron chi connectivity index (χ4n) is 4.07. The SMILES string of the molecule is Cc1ccccc1CS(=O)(=O)c1ncc(CN(Cc2ccco2)C(=O)NC(C)C)n1Cc1ccccc1. The zero-order chi connectivity index (χ0) is 26.4. The van der Waals surface area contributed by atoms with E-state index in [0.717, 1.165) is 16.7 Å². The van der Waals surface area contributed by atoms with Crippen LogP contribution in [0, 0.1) is 6.92 Å². The number of nitrogens with one attached hydrogen (secondary N) is 1. The lowest BCUT2D eigenvalue weighted by Gasteiger charge is -2.24. The first-order valence-corrected chi connectivity index (χ1v) is 13.8. The van der Waals surface area contributed by atoms with Crippen LogP contribution in [0.3, 0.4) is 0 Å². The van der Waals surface area contributed by atoms with Gasteiger partial charge in [-0.25, -0.2) is 18.2 Å². The smallest absolute Gasteiger partial charge is 0.318 e. The van der Waals surface area contributed by atoms with Crippen molar-refractivity contribution in [3.63, 3.8) is 0 Å². The molecule has 1 N–H and O–H groups in total. The lowest BCUT2D eigenvalue weighted by atomic mass is 10.1. The van der Waals surface area contributed by atoms with Crippen molar-refractivity contribution in [1.82, 2.24) is 19.8 Å². The van der Waals surface area contributed by atoms with Crippen LogP contribution in [0.25, 0.3) is 0 Å². The van der Waals surface area contributed by atoms with Crippen LogP contribution in [0.1, 0.15) is 42.0 Å². The number of sulfone groups is 1. The second-order valence-electron chi connectivity index (χ2n) is 9.33. The first kappa shape index (κ1) is 26.2. The minimum atomic E-state index is -3.78. The summed E-state index contributed by atoms with van der Waals surface area (Å²) < 4.78 is 34.4. The lowest BCUT2D eigenvalue weighted by molar-refractivity contribution is 0.183. The van der Waals surface area contributed by atoms with Crippen LogP contribution in [0.4, 0.5) is 4.79 Å². The van der Waals surface area contributed by atoms with E-state index in [4.69, 9.17) is 4.42 Å². The van der Waals surface area contributed by atoms with E-state index in [-0.39, 0.29) is 36.1 Å². The van der Waals surface area contributed by atoms with Crippen molar-refractivity contribution in [2.75, 3.05) is 0 Å². The Balaban J connectivity index is 1.71. The largest absolute Gasteiger partial charge is 0.467 e. The molecule has 2 amide bonds. The molecule has 2 heterocycles. The third-order valence-electron chi connectivity index (χ3n) is 5.95. The summed E-state index contributed by atoms with van der Waals surface area (Å²) in [4.78, 5) is 19.0. The van der Waals surface area contributed by atoms with E-state index in [1.165, 1.54) is 0 Å². The molecule has 2 aromatic carbocycles. The summed E-state index contributed by atoms with van der Waals surface area (Å²) in [6.45, 7) is 6.36. The third-order valence-corrected chi connectivity index (χ3v) is 7.52. The standard InChI is InChI=1S/C28H32N4O4S/c1-21(2)30-27(33)31(19-26-14-9-15-36-26)18-25-16-29-28(32(25)17-23-11-5-4-6-12-23)37(34,35)20-24-13-8-7-10-22(24)3/h4-16,21H,17-20H2,1-3H3,(H,30,33). The molecule has 8 nitrogen and oxygen atoms in total. The molecule has 0 fully saturated rings. The molecule has 4 rings (SSSR count). The van der Waals surface area contributed by atoms with Gasteiger partial charge in [-0.05, 0) is 49.6 Å². The van der Waals surface area contributed by atoms with Crippen LogP contribution >= 0.6 is 0 Å². The number of benzene rings is 2. The minimum Gasteiger partial charge on any atom is -0.467 e. The maximum atomic E-state index is 13.6. The lowest BCUT2D eigenvalue weighted by Crippen LogP contribution is -2.42. The first-order valence-electron chi connectivity index (χ1n) is 12.2. The zero-order valence-electron chi connectivity index (χ0n) is 21.3. The topological polar surface area (TPSA) is 97.4 Å². The molecule has 4 aromatic rings. The fraction of sp³-hybridized carbons (Fsp3) is 0.286. The summed E-state index contributed by atoms with van der Waals surface area (Å²) in [7, 11) is -3.78. The van der Waals surface area contributed by atoms with Gasteiger partial charge in [-0.1, -0.05) is 54.6 Å². The Hall–Kier alpha value is -3.85. The summed E-state index contributed by atoms with van der Waals surface area (Å²) in [5, 5.41) is 2.90. The van der Waals surface area contributed by atoms with Crippen LogP contribution < -0.4 is 5.32 Å². The van der Waals surface area contributed by atoms with Gasteiger partial charge >= 0.3 is 6.03 Å². The Morgan fingerprint density at radius 1 is 1.03 bits per heavy atom. The van der Waals surface area contributed by atoms with Crippen LogP contribution in [0.2, 0.25) is 0 Å². The molecule has 0 spiro atoms. The normalized spacial score (nSPS) is 11.6. The number of hydrogen-bond acceptors (Lipinski definition) is 5. The number of amides is 2. The molecule has 0 radical (unpaired) electrons. The van der Waals surface area contributed by atoms with Crippen molar-refractivity contribution in [2.24, 2.45) is 0 Å². The van der Waals surface area contributed by atoms with Gasteiger partial charge in [-0.2, -0.15) is 0 Å². The van der Waals surface area contributed by atoms with E-state index in [2.05, 4.69) is 10.3 Å². The van der Waals surface area contributed by atoms with E-state index in [1.54, 1.807) is 34.1 Å². The van der Waals surface area contributed by atoms with Crippen molar-refractivity contribution in [3.05, 3.63) is 107 Å². The first-order chi connectivity index (χ1) is 17.7. The van der Waals surface area contributed by atoms with Crippen molar-refractivity contribution in [2.45, 2.75) is 57.4 Å². The molecule has 0 saturated carbocycles. The van der Waals surface area contributed by atoms with Gasteiger partial charge in [0.25, 0.3) is 0 Å². The Morgan fingerprint density at radius 3 is 2.43 bits per heavy atom. The molecule has 0 aliphatic rings. The minimum absolute atomic E-state index is 0.0168. The van der Waals surface area contributed by atoms with Gasteiger partial charge in [0.1, 0.15) is 5.76 Å². The Kier molecular flexibility index (Phi) is 8.13. The predicted molar refractivity (Wildman–Crippen MR) is 141 cm³/mol. The zero-order valence-corrected chi connectivity index (χ0v) is 22.1. The Bertz CT molecular complexity index is 1430. The second-order valence-corrected chi connectivity index (χ2v) is 11.2. The van der Waals surface area contributed by atoms with Gasteiger partial charge in [0.05, 0.1) is 43.5 Å². The number of rotatable bonds is 10. The van der Waals surface area contributed by atoms with Crippen LogP contribution in [-0.4, -0.2) is 34.9 Å². The van der Waals surface area contributed by atoms with E-state index >= 15 is 0 Å². The summed E-state index contributed by atoms with van der Waals surface area (Å²) in [6.07, 6.45) is 3.11. The van der Waals surface area contributed by atoms with Gasteiger partial charge in [-0.3, -0.25) is 0 Å². The molecular formula is C28H32N4O4S. The molecule has 0 aliphatic carbocycles. The molecular weight excluding hydrogens is 488 g/mol. The number of carbonyl (C=O) groups excluding carboxylic acids is 1. The highest BCUT2D eigenvalue weighted by Gasteiger charge is 2.27. The third kappa shape index (κ3) is 6.68. The van der Waals surface area contributed by atoms with Crippen LogP contribution in [-0.2, 0) is 35.2 Å². The molecule has 37 heavy (non-hydrogen) atoms. The van der Waals surface area contributed by atoms with Crippen molar-refractivity contribution in [3.8, 4) is 0 Å². The summed E-state index contributed by atoms with van der Waals surface area (Å²) >= 11 is 0. The molecule has 0 bridgehead atoms. The Morgan fingerprint density at radius 2 is 1.76 bits per heavy atom. The molecule has 194 valence electrons. The number of urea groups is 1. The average Bonchev–Trinajstić information content (AvgIpc) is 3.51. The molecule has 9 heteroatoms. The van der Waals surface area contributed by atoms with E-state index in [0.29, 0.717) is 18.0 Å². The number of hydrogen-bond donors (Lipinski definition) is 1. The highest BCUT2D eigenvalue weighted by atomic mass is 32.2. The monoisotopic (exact) mass is 520 g/mol. The van der Waals surface area contributed by atoms with E-state index in [9.17, 15) is 13.2 Å². The molecule has 0 aliphatic heterocycles. The van der Waals surface area contributed by atoms with Gasteiger partial charge < -0.3 is 19.2 Å². The summed E-state index contributed by atoms with van der Waals surface area (Å²) in [5.74, 6) is 0.468. The Labute approximate surface area is 217 Å². The highest BCUT2D eigenvalue weighted by Crippen LogP contribution is 2.22. The van der Waals surface area contributed by atoms with Gasteiger partial charge in [0.2, 0.25) is 15.0 Å². The predicted octanol–water partition coefficient (Wildman–Crippen LogP) is 4.93. The number of aryl methyl sites for hydroxylation is 1. The average molecular weight is 521 g/mol. The number of nitrogens with zero attached hydrogens (tertiary/aromatic N) is 3. The van der Waals surface area contributed by atoms with Crippen LogP contribution in [0.15, 0.2) is 88.8 Å². The van der Waals surface area contributed by atoms with Crippen molar-refractivity contribution < 1.29 is 17.6 Å². The van der Waals surface area contributed by atoms with E-state index in [1.807, 2.05) is 75.4 Å². The molecule has 0 unspecified atom stereocenters. The second kappa shape index (κ2) is 11.5. The molecule has 0 atom stereocenters. The number of carbonyl (C=O) groups is 1. The van der Waals surface area contributed by atoms with Crippen LogP contribution in [0.5, 0.6) is 0 Å². The summed E-state index contributed by atoms with van der Waals surface area (Å²) in [6, 6.07) is 20.3. The molecule has 0 saturated heterocycles. The number of imidazole rings is 1. The van der Waals surface area contributed by atoms with Crippen molar-refractivity contribution in [1.29, 1.82) is 0 Å². The number of furan rings is 1. The van der Waals surface area contributed by atoms with Gasteiger partial charge in [0, 0.05) is 6.04 Å². The maximum absolute atomic E-state index is 13.6. The highest BCUT2D eigenvalue weighted by molar-refractivity contribution is 7.90. The van der Waals surface area contributed by atoms with Crippen molar-refractivity contribution >= 4 is 15.9 Å². The van der Waals surface area contributed by atoms with Gasteiger partial charge in [0.15, 0.2) is 0 Å². The maximum Gasteiger partial charge on any atom is 0.318 e. The molecule has 2 aromatic heterocycles.